The fraction of sp³-hybridized carbons (Fsp3) is 0.188. The Labute approximate surface area is 138 Å². The molecule has 2 aromatic rings. The van der Waals surface area contributed by atoms with Gasteiger partial charge in [0.2, 0.25) is 0 Å². The monoisotopic (exact) mass is 331 g/mol. The van der Waals surface area contributed by atoms with Crippen LogP contribution in [0.25, 0.3) is 0 Å². The predicted molar refractivity (Wildman–Crippen MR) is 85.3 cm³/mol. The molecule has 0 atom stereocenters. The maximum absolute atomic E-state index is 11.7. The molecule has 1 aromatic carbocycles. The molecule has 0 aliphatic carbocycles. The zero-order chi connectivity index (χ0) is 17.2. The molecule has 0 aliphatic heterocycles. The number of carbonyl (C=O) groups excluding carboxylic acids is 2. The second-order valence-electron chi connectivity index (χ2n) is 4.67. The summed E-state index contributed by atoms with van der Waals surface area (Å²) in [4.78, 5) is 22.4. The van der Waals surface area contributed by atoms with Crippen LogP contribution in [0.15, 0.2) is 52.2 Å². The summed E-state index contributed by atoms with van der Waals surface area (Å²) in [6.07, 6.45) is 2.96. The number of hydrazone groups is 1. The largest absolute Gasteiger partial charge is 0.484 e. The highest BCUT2D eigenvalue weighted by molar-refractivity contribution is 5.82. The number of nitrogens with zero attached hydrogens (tertiary/aromatic N) is 1. The summed E-state index contributed by atoms with van der Waals surface area (Å²) in [7, 11) is 0. The van der Waals surface area contributed by atoms with Crippen LogP contribution in [-0.2, 0) is 16.1 Å². The van der Waals surface area contributed by atoms with E-state index in [0.29, 0.717) is 18.1 Å². The molecule has 0 saturated carbocycles. The van der Waals surface area contributed by atoms with Gasteiger partial charge in [-0.1, -0.05) is 0 Å². The van der Waals surface area contributed by atoms with Crippen molar-refractivity contribution in [2.45, 2.75) is 6.54 Å². The van der Waals surface area contributed by atoms with Gasteiger partial charge in [0.05, 0.1) is 19.0 Å². The van der Waals surface area contributed by atoms with Crippen LogP contribution < -0.4 is 15.5 Å². The molecule has 1 heterocycles. The normalized spacial score (nSPS) is 10.5. The Balaban J connectivity index is 1.73. The fourth-order valence-electron chi connectivity index (χ4n) is 1.66. The average Bonchev–Trinajstić information content (AvgIpc) is 3.12. The van der Waals surface area contributed by atoms with Gasteiger partial charge in [-0.25, -0.2) is 5.43 Å². The van der Waals surface area contributed by atoms with Crippen molar-refractivity contribution in [2.75, 3.05) is 13.2 Å². The highest BCUT2D eigenvalue weighted by atomic mass is 16.5. The van der Waals surface area contributed by atoms with Crippen molar-refractivity contribution in [1.29, 1.82) is 0 Å². The Morgan fingerprint density at radius 3 is 2.67 bits per heavy atom. The van der Waals surface area contributed by atoms with Crippen LogP contribution >= 0.6 is 0 Å². The molecule has 0 aliphatic rings. The fourth-order valence-corrected chi connectivity index (χ4v) is 1.66. The molecular formula is C16H17N3O5. The second-order valence-corrected chi connectivity index (χ2v) is 4.67. The summed E-state index contributed by atoms with van der Waals surface area (Å²) in [5.41, 5.74) is 2.87. The lowest BCUT2D eigenvalue weighted by molar-refractivity contribution is -0.124. The molecule has 8 heteroatoms. The third-order valence-corrected chi connectivity index (χ3v) is 2.84. The van der Waals surface area contributed by atoms with Gasteiger partial charge in [0.15, 0.2) is 6.61 Å². The van der Waals surface area contributed by atoms with E-state index in [1.54, 1.807) is 36.4 Å². The van der Waals surface area contributed by atoms with Gasteiger partial charge in [-0.05, 0) is 42.0 Å². The van der Waals surface area contributed by atoms with E-state index < -0.39 is 12.5 Å². The number of carbonyl (C=O) groups is 2. The first-order chi connectivity index (χ1) is 11.7. The van der Waals surface area contributed by atoms with Crippen molar-refractivity contribution in [3.63, 3.8) is 0 Å². The molecule has 0 fully saturated rings. The average molecular weight is 331 g/mol. The van der Waals surface area contributed by atoms with E-state index in [1.807, 2.05) is 0 Å². The lowest BCUT2D eigenvalue weighted by Crippen LogP contribution is -2.28. The number of nitrogens with one attached hydrogen (secondary N) is 2. The quantitative estimate of drug-likeness (QED) is 0.479. The summed E-state index contributed by atoms with van der Waals surface area (Å²) in [5.74, 6) is 0.343. The molecule has 2 amide bonds. The highest BCUT2D eigenvalue weighted by Crippen LogP contribution is 2.10. The zero-order valence-corrected chi connectivity index (χ0v) is 12.8. The molecule has 0 unspecified atom stereocenters. The third-order valence-electron chi connectivity index (χ3n) is 2.84. The van der Waals surface area contributed by atoms with E-state index in [9.17, 15) is 9.59 Å². The minimum atomic E-state index is -0.619. The Bertz CT molecular complexity index is 680. The molecule has 24 heavy (non-hydrogen) atoms. The molecule has 1 aromatic heterocycles. The maximum atomic E-state index is 11.7. The molecule has 126 valence electrons. The minimum Gasteiger partial charge on any atom is -0.484 e. The topological polar surface area (TPSA) is 113 Å². The van der Waals surface area contributed by atoms with Crippen molar-refractivity contribution < 1.29 is 23.8 Å². The van der Waals surface area contributed by atoms with E-state index >= 15 is 0 Å². The molecule has 0 spiro atoms. The Morgan fingerprint density at radius 1 is 1.21 bits per heavy atom. The SMILES string of the molecule is O=C(COc1ccc(/C=N/NC(=O)CO)cc1)NCc1ccco1. The van der Waals surface area contributed by atoms with Gasteiger partial charge in [-0.3, -0.25) is 9.59 Å². The number of aliphatic hydroxyl groups excluding tert-OH is 1. The number of hydrogen-bond donors (Lipinski definition) is 3. The predicted octanol–water partition coefficient (Wildman–Crippen LogP) is 0.417. The van der Waals surface area contributed by atoms with Crippen LogP contribution in [-0.4, -0.2) is 36.3 Å². The van der Waals surface area contributed by atoms with Crippen LogP contribution in [0.1, 0.15) is 11.3 Å². The van der Waals surface area contributed by atoms with Crippen molar-refractivity contribution in [3.05, 3.63) is 54.0 Å². The summed E-state index contributed by atoms with van der Waals surface area (Å²) < 4.78 is 10.5. The van der Waals surface area contributed by atoms with Gasteiger partial charge in [-0.15, -0.1) is 0 Å². The number of amides is 2. The number of rotatable bonds is 8. The van der Waals surface area contributed by atoms with Gasteiger partial charge in [0.25, 0.3) is 11.8 Å². The van der Waals surface area contributed by atoms with E-state index in [2.05, 4.69) is 15.8 Å². The molecular weight excluding hydrogens is 314 g/mol. The first-order valence-electron chi connectivity index (χ1n) is 7.12. The van der Waals surface area contributed by atoms with Crippen LogP contribution in [0.5, 0.6) is 5.75 Å². The van der Waals surface area contributed by atoms with Gasteiger partial charge < -0.3 is 19.6 Å². The Morgan fingerprint density at radius 2 is 2.00 bits per heavy atom. The minimum absolute atomic E-state index is 0.110. The number of ether oxygens (including phenoxy) is 1. The van der Waals surface area contributed by atoms with E-state index in [0.717, 1.165) is 5.56 Å². The summed E-state index contributed by atoms with van der Waals surface area (Å²) >= 11 is 0. The summed E-state index contributed by atoms with van der Waals surface area (Å²) in [6, 6.07) is 10.3. The zero-order valence-electron chi connectivity index (χ0n) is 12.8. The van der Waals surface area contributed by atoms with Crippen molar-refractivity contribution in [3.8, 4) is 5.75 Å². The lowest BCUT2D eigenvalue weighted by atomic mass is 10.2. The summed E-state index contributed by atoms with van der Waals surface area (Å²) in [6.45, 7) is -0.420. The maximum Gasteiger partial charge on any atom is 0.265 e. The first kappa shape index (κ1) is 17.2. The number of aliphatic hydroxyl groups is 1. The van der Waals surface area contributed by atoms with E-state index in [4.69, 9.17) is 14.3 Å². The first-order valence-corrected chi connectivity index (χ1v) is 7.12. The van der Waals surface area contributed by atoms with Crippen LogP contribution in [0.3, 0.4) is 0 Å². The van der Waals surface area contributed by atoms with E-state index in [-0.39, 0.29) is 12.5 Å². The molecule has 0 radical (unpaired) electrons. The van der Waals surface area contributed by atoms with Crippen molar-refractivity contribution >= 4 is 18.0 Å². The number of furan rings is 1. The Kier molecular flexibility index (Phi) is 6.54. The molecule has 2 rings (SSSR count). The molecule has 3 N–H and O–H groups in total. The van der Waals surface area contributed by atoms with Crippen LogP contribution in [0.4, 0.5) is 0 Å². The van der Waals surface area contributed by atoms with Gasteiger partial charge in [0.1, 0.15) is 18.1 Å². The number of hydrogen-bond acceptors (Lipinski definition) is 6. The molecule has 0 saturated heterocycles. The third kappa shape index (κ3) is 5.93. The lowest BCUT2D eigenvalue weighted by Gasteiger charge is -2.06. The number of benzene rings is 1. The molecule has 8 nitrogen and oxygen atoms in total. The van der Waals surface area contributed by atoms with Crippen LogP contribution in [0, 0.1) is 0 Å². The molecule has 0 bridgehead atoms. The van der Waals surface area contributed by atoms with E-state index in [1.165, 1.54) is 12.5 Å². The van der Waals surface area contributed by atoms with Crippen LogP contribution in [0.2, 0.25) is 0 Å². The standard InChI is InChI=1S/C16H17N3O5/c20-10-15(21)19-18-8-12-3-5-13(6-4-12)24-11-16(22)17-9-14-2-1-7-23-14/h1-8,20H,9-11H2,(H,17,22)(H,19,21)/b18-8+. The smallest absolute Gasteiger partial charge is 0.265 e. The van der Waals surface area contributed by atoms with Crippen molar-refractivity contribution in [1.82, 2.24) is 10.7 Å². The van der Waals surface area contributed by atoms with Gasteiger partial charge >= 0.3 is 0 Å². The van der Waals surface area contributed by atoms with Gasteiger partial charge in [0, 0.05) is 0 Å². The van der Waals surface area contributed by atoms with Gasteiger partial charge in [-0.2, -0.15) is 5.10 Å². The Hall–Kier alpha value is -3.13. The van der Waals surface area contributed by atoms with Crippen molar-refractivity contribution in [2.24, 2.45) is 5.10 Å². The second kappa shape index (κ2) is 9.11. The highest BCUT2D eigenvalue weighted by Gasteiger charge is 2.04. The summed E-state index contributed by atoms with van der Waals surface area (Å²) in [5, 5.41) is 14.9.